The van der Waals surface area contributed by atoms with E-state index >= 15 is 0 Å². The highest BCUT2D eigenvalue weighted by atomic mass is 14.6. The molecule has 2 atom stereocenters. The van der Waals surface area contributed by atoms with Gasteiger partial charge in [0, 0.05) is 12.0 Å². The molecule has 0 saturated heterocycles. The van der Waals surface area contributed by atoms with Crippen molar-refractivity contribution in [2.45, 2.75) is 26.3 Å². The molecule has 0 aromatic heterocycles. The molecule has 0 aliphatic carbocycles. The second-order valence-corrected chi connectivity index (χ2v) is 4.25. The molecule has 98 valence electrons. The molecule has 0 fully saturated rings. The van der Waals surface area contributed by atoms with Crippen LogP contribution in [0.4, 0.5) is 0 Å². The number of nitrogens with two attached hydrogens (primary N) is 1. The van der Waals surface area contributed by atoms with Crippen LogP contribution in [-0.4, -0.2) is 6.04 Å². The maximum atomic E-state index is 6.10. The Morgan fingerprint density at radius 2 is 1.78 bits per heavy atom. The molecule has 0 aromatic rings. The van der Waals surface area contributed by atoms with Gasteiger partial charge in [-0.3, -0.25) is 0 Å². The first-order valence-electron chi connectivity index (χ1n) is 6.25. The molecule has 0 aliphatic heterocycles. The summed E-state index contributed by atoms with van der Waals surface area (Å²) in [6.45, 7) is 15.3. The first-order chi connectivity index (χ1) is 8.60. The van der Waals surface area contributed by atoms with E-state index in [-0.39, 0.29) is 12.0 Å². The molecule has 18 heavy (non-hydrogen) atoms. The second kappa shape index (κ2) is 9.43. The lowest BCUT2D eigenvalue weighted by atomic mass is 9.85. The summed E-state index contributed by atoms with van der Waals surface area (Å²) < 4.78 is 0. The van der Waals surface area contributed by atoms with E-state index in [1.165, 1.54) is 5.57 Å². The Bertz CT molecular complexity index is 367. The summed E-state index contributed by atoms with van der Waals surface area (Å²) in [7, 11) is 0. The monoisotopic (exact) mass is 243 g/mol. The average Bonchev–Trinajstić information content (AvgIpc) is 2.34. The fourth-order valence-corrected chi connectivity index (χ4v) is 1.86. The number of hydrogen-bond acceptors (Lipinski definition) is 1. The minimum atomic E-state index is 0.0700. The quantitative estimate of drug-likeness (QED) is 0.631. The van der Waals surface area contributed by atoms with Crippen molar-refractivity contribution in [3.05, 3.63) is 73.4 Å². The standard InChI is InChI=1S/C17H25N/c1-6-10-15(9-4)13-17(14(5)18)16(11-7-2)12-8-3/h6-12,14,17H,1-2,4,13,18H2,3,5H3/b12-8-,15-10+,16-11+. The number of rotatable bonds is 8. The molecule has 0 spiro atoms. The van der Waals surface area contributed by atoms with Gasteiger partial charge in [-0.15, -0.1) is 0 Å². The Balaban J connectivity index is 5.22. The van der Waals surface area contributed by atoms with Crippen LogP contribution in [0.5, 0.6) is 0 Å². The summed E-state index contributed by atoms with van der Waals surface area (Å²) in [5.41, 5.74) is 8.44. The van der Waals surface area contributed by atoms with Crippen molar-refractivity contribution in [3.8, 4) is 0 Å². The summed E-state index contributed by atoms with van der Waals surface area (Å²) in [5.74, 6) is 0.253. The molecule has 0 aromatic carbocycles. The van der Waals surface area contributed by atoms with Gasteiger partial charge >= 0.3 is 0 Å². The fraction of sp³-hybridized carbons (Fsp3) is 0.294. The van der Waals surface area contributed by atoms with Crippen LogP contribution in [0.25, 0.3) is 0 Å². The molecule has 1 nitrogen and oxygen atoms in total. The third-order valence-electron chi connectivity index (χ3n) is 2.78. The lowest BCUT2D eigenvalue weighted by Gasteiger charge is -2.22. The average molecular weight is 243 g/mol. The van der Waals surface area contributed by atoms with E-state index in [1.807, 2.05) is 38.2 Å². The highest BCUT2D eigenvalue weighted by molar-refractivity contribution is 5.31. The molecule has 0 amide bonds. The van der Waals surface area contributed by atoms with Gasteiger partial charge in [-0.1, -0.05) is 62.3 Å². The maximum absolute atomic E-state index is 6.10. The van der Waals surface area contributed by atoms with E-state index in [2.05, 4.69) is 25.8 Å². The lowest BCUT2D eigenvalue weighted by molar-refractivity contribution is 0.516. The normalized spacial score (nSPS) is 16.4. The van der Waals surface area contributed by atoms with Gasteiger partial charge < -0.3 is 5.73 Å². The molecule has 0 saturated carbocycles. The molecule has 0 heterocycles. The molecule has 0 bridgehead atoms. The largest absolute Gasteiger partial charge is 0.327 e. The van der Waals surface area contributed by atoms with Crippen LogP contribution in [0.1, 0.15) is 20.3 Å². The van der Waals surface area contributed by atoms with Crippen molar-refractivity contribution in [1.82, 2.24) is 0 Å². The van der Waals surface area contributed by atoms with Crippen molar-refractivity contribution in [1.29, 1.82) is 0 Å². The van der Waals surface area contributed by atoms with E-state index in [9.17, 15) is 0 Å². The van der Waals surface area contributed by atoms with Gasteiger partial charge in [0.05, 0.1) is 0 Å². The third-order valence-corrected chi connectivity index (χ3v) is 2.78. The van der Waals surface area contributed by atoms with Gasteiger partial charge in [-0.25, -0.2) is 0 Å². The molecule has 2 unspecified atom stereocenters. The van der Waals surface area contributed by atoms with Crippen molar-refractivity contribution in [2.24, 2.45) is 11.7 Å². The van der Waals surface area contributed by atoms with Crippen LogP contribution in [0.3, 0.4) is 0 Å². The Kier molecular flexibility index (Phi) is 8.59. The van der Waals surface area contributed by atoms with Crippen molar-refractivity contribution < 1.29 is 0 Å². The zero-order chi connectivity index (χ0) is 14.0. The molecule has 2 N–H and O–H groups in total. The topological polar surface area (TPSA) is 26.0 Å². The van der Waals surface area contributed by atoms with Crippen LogP contribution in [0, 0.1) is 5.92 Å². The summed E-state index contributed by atoms with van der Waals surface area (Å²) in [6, 6.07) is 0.0700. The third kappa shape index (κ3) is 5.65. The van der Waals surface area contributed by atoms with Gasteiger partial charge in [0.2, 0.25) is 0 Å². The van der Waals surface area contributed by atoms with Crippen molar-refractivity contribution in [3.63, 3.8) is 0 Å². The molecule has 0 rings (SSSR count). The summed E-state index contributed by atoms with van der Waals surface area (Å²) in [6.07, 6.45) is 14.4. The first-order valence-corrected chi connectivity index (χ1v) is 6.25. The smallest absolute Gasteiger partial charge is 0.00825 e. The van der Waals surface area contributed by atoms with E-state index < -0.39 is 0 Å². The molecule has 0 radical (unpaired) electrons. The van der Waals surface area contributed by atoms with Gasteiger partial charge in [-0.05, 0) is 31.4 Å². The Morgan fingerprint density at radius 3 is 2.17 bits per heavy atom. The van der Waals surface area contributed by atoms with Gasteiger partial charge in [0.25, 0.3) is 0 Å². The van der Waals surface area contributed by atoms with Gasteiger partial charge in [-0.2, -0.15) is 0 Å². The van der Waals surface area contributed by atoms with Crippen LogP contribution >= 0.6 is 0 Å². The van der Waals surface area contributed by atoms with E-state index in [0.29, 0.717) is 0 Å². The second-order valence-electron chi connectivity index (χ2n) is 4.25. The minimum absolute atomic E-state index is 0.0700. The molecule has 0 aliphatic rings. The van der Waals surface area contributed by atoms with Crippen molar-refractivity contribution in [2.75, 3.05) is 0 Å². The van der Waals surface area contributed by atoms with E-state index in [0.717, 1.165) is 12.0 Å². The highest BCUT2D eigenvalue weighted by Gasteiger charge is 2.17. The van der Waals surface area contributed by atoms with Crippen molar-refractivity contribution >= 4 is 0 Å². The van der Waals surface area contributed by atoms with Crippen LogP contribution in [0.15, 0.2) is 73.4 Å². The SMILES string of the molecule is C=C/C=C(\C=C)CC(C(/C=C\C)=C/C=C)C(C)N. The zero-order valence-corrected chi connectivity index (χ0v) is 11.6. The maximum Gasteiger partial charge on any atom is 0.00825 e. The summed E-state index contributed by atoms with van der Waals surface area (Å²) >= 11 is 0. The van der Waals surface area contributed by atoms with Gasteiger partial charge in [0.15, 0.2) is 0 Å². The predicted octanol–water partition coefficient (Wildman–Crippen LogP) is 4.33. The Morgan fingerprint density at radius 1 is 1.17 bits per heavy atom. The predicted molar refractivity (Wildman–Crippen MR) is 83.3 cm³/mol. The van der Waals surface area contributed by atoms with Crippen LogP contribution < -0.4 is 5.73 Å². The molecular weight excluding hydrogens is 218 g/mol. The summed E-state index contributed by atoms with van der Waals surface area (Å²) in [4.78, 5) is 0. The lowest BCUT2D eigenvalue weighted by Crippen LogP contribution is -2.28. The molecule has 1 heteroatoms. The Labute approximate surface area is 112 Å². The first kappa shape index (κ1) is 16.4. The van der Waals surface area contributed by atoms with Gasteiger partial charge in [0.1, 0.15) is 0 Å². The fourth-order valence-electron chi connectivity index (χ4n) is 1.86. The van der Waals surface area contributed by atoms with Crippen LogP contribution in [0.2, 0.25) is 0 Å². The number of allylic oxidation sites excluding steroid dienone is 8. The van der Waals surface area contributed by atoms with E-state index in [4.69, 9.17) is 5.73 Å². The molecular formula is C17H25N. The van der Waals surface area contributed by atoms with E-state index in [1.54, 1.807) is 12.2 Å². The van der Waals surface area contributed by atoms with Crippen LogP contribution in [-0.2, 0) is 0 Å². The zero-order valence-electron chi connectivity index (χ0n) is 11.6. The highest BCUT2D eigenvalue weighted by Crippen LogP contribution is 2.24. The number of hydrogen-bond donors (Lipinski definition) is 1. The minimum Gasteiger partial charge on any atom is -0.327 e. The summed E-state index contributed by atoms with van der Waals surface area (Å²) in [5, 5.41) is 0. The Hall–Kier alpha value is -1.60.